The molecule has 0 radical (unpaired) electrons. The van der Waals surface area contributed by atoms with E-state index < -0.39 is 0 Å². The Bertz CT molecular complexity index is 330. The molecule has 1 aliphatic rings. The van der Waals surface area contributed by atoms with Gasteiger partial charge >= 0.3 is 0 Å². The maximum absolute atomic E-state index is 9.33. The summed E-state index contributed by atoms with van der Waals surface area (Å²) in [6, 6.07) is 0. The Kier molecular flexibility index (Phi) is 3.95. The molecule has 1 aromatic rings. The maximum Gasteiger partial charge on any atom is 0.0959 e. The van der Waals surface area contributed by atoms with Gasteiger partial charge in [-0.2, -0.15) is 0 Å². The minimum Gasteiger partial charge on any atom is -0.393 e. The molecule has 90 valence electrons. The number of rotatable bonds is 3. The smallest absolute Gasteiger partial charge is 0.0959 e. The van der Waals surface area contributed by atoms with Gasteiger partial charge in [0.15, 0.2) is 0 Å². The average molecular weight is 240 g/mol. The van der Waals surface area contributed by atoms with Gasteiger partial charge in [-0.25, -0.2) is 4.98 Å². The molecule has 0 bridgehead atoms. The Morgan fingerprint density at radius 2 is 2.25 bits per heavy atom. The highest BCUT2D eigenvalue weighted by molar-refractivity contribution is 7.11. The van der Waals surface area contributed by atoms with Crippen molar-refractivity contribution in [3.05, 3.63) is 16.1 Å². The first-order valence-corrected chi connectivity index (χ1v) is 6.78. The molecule has 0 aliphatic carbocycles. The van der Waals surface area contributed by atoms with Crippen molar-refractivity contribution in [2.45, 2.75) is 38.2 Å². The Labute approximate surface area is 101 Å². The van der Waals surface area contributed by atoms with Crippen molar-refractivity contribution in [1.82, 2.24) is 9.88 Å². The summed E-state index contributed by atoms with van der Waals surface area (Å²) in [6.45, 7) is 4.18. The van der Waals surface area contributed by atoms with Crippen molar-refractivity contribution >= 4 is 11.3 Å². The monoisotopic (exact) mass is 240 g/mol. The van der Waals surface area contributed by atoms with E-state index in [0.29, 0.717) is 5.92 Å². The summed E-state index contributed by atoms with van der Waals surface area (Å²) in [5.41, 5.74) is 0. The van der Waals surface area contributed by atoms with E-state index in [9.17, 15) is 5.11 Å². The molecular weight excluding hydrogens is 220 g/mol. The standard InChI is InChI=1S/C12H20N2OS/c1-9(15)7-11-8-13-12(16-11)10-3-5-14(2)6-4-10/h8-10,15H,3-7H2,1-2H3. The van der Waals surface area contributed by atoms with Crippen LogP contribution < -0.4 is 0 Å². The van der Waals surface area contributed by atoms with Gasteiger partial charge < -0.3 is 10.0 Å². The fourth-order valence-electron chi connectivity index (χ4n) is 2.15. The van der Waals surface area contributed by atoms with Gasteiger partial charge in [0.05, 0.1) is 11.1 Å². The van der Waals surface area contributed by atoms with Crippen LogP contribution in [0.3, 0.4) is 0 Å². The quantitative estimate of drug-likeness (QED) is 0.876. The third-order valence-corrected chi connectivity index (χ3v) is 4.32. The molecule has 2 rings (SSSR count). The van der Waals surface area contributed by atoms with E-state index in [4.69, 9.17) is 0 Å². The number of hydrogen-bond donors (Lipinski definition) is 1. The number of piperidine rings is 1. The van der Waals surface area contributed by atoms with Gasteiger partial charge in [0, 0.05) is 23.4 Å². The van der Waals surface area contributed by atoms with Crippen molar-refractivity contribution in [2.75, 3.05) is 20.1 Å². The molecule has 2 heterocycles. The Morgan fingerprint density at radius 1 is 1.56 bits per heavy atom. The zero-order chi connectivity index (χ0) is 11.5. The first-order valence-electron chi connectivity index (χ1n) is 5.96. The zero-order valence-electron chi connectivity index (χ0n) is 10.0. The Morgan fingerprint density at radius 3 is 2.88 bits per heavy atom. The minimum absolute atomic E-state index is 0.259. The number of thiazole rings is 1. The number of aliphatic hydroxyl groups excluding tert-OH is 1. The second-order valence-corrected chi connectivity index (χ2v) is 5.94. The van der Waals surface area contributed by atoms with Crippen LogP contribution in [0.1, 0.15) is 35.6 Å². The van der Waals surface area contributed by atoms with Crippen molar-refractivity contribution in [2.24, 2.45) is 0 Å². The predicted octanol–water partition coefficient (Wildman–Crippen LogP) is 1.88. The van der Waals surface area contributed by atoms with Crippen molar-refractivity contribution in [3.63, 3.8) is 0 Å². The number of aromatic nitrogens is 1. The molecule has 1 aromatic heterocycles. The molecule has 1 atom stereocenters. The molecule has 4 heteroatoms. The van der Waals surface area contributed by atoms with Crippen LogP contribution in [0, 0.1) is 0 Å². The van der Waals surface area contributed by atoms with Crippen molar-refractivity contribution in [3.8, 4) is 0 Å². The first-order chi connectivity index (χ1) is 7.65. The Hall–Kier alpha value is -0.450. The lowest BCUT2D eigenvalue weighted by Gasteiger charge is -2.27. The van der Waals surface area contributed by atoms with E-state index in [1.54, 1.807) is 11.3 Å². The molecular formula is C12H20N2OS. The van der Waals surface area contributed by atoms with Crippen LogP contribution in [-0.4, -0.2) is 41.2 Å². The lowest BCUT2D eigenvalue weighted by molar-refractivity contribution is 0.196. The highest BCUT2D eigenvalue weighted by Gasteiger charge is 2.21. The predicted molar refractivity (Wildman–Crippen MR) is 67.0 cm³/mol. The second kappa shape index (κ2) is 5.25. The molecule has 1 saturated heterocycles. The second-order valence-electron chi connectivity index (χ2n) is 4.80. The maximum atomic E-state index is 9.33. The topological polar surface area (TPSA) is 36.4 Å². The van der Waals surface area contributed by atoms with E-state index >= 15 is 0 Å². The molecule has 1 fully saturated rings. The zero-order valence-corrected chi connectivity index (χ0v) is 10.8. The van der Waals surface area contributed by atoms with Crippen LogP contribution in [0.4, 0.5) is 0 Å². The summed E-state index contributed by atoms with van der Waals surface area (Å²) in [4.78, 5) is 8.09. The van der Waals surface area contributed by atoms with Crippen molar-refractivity contribution < 1.29 is 5.11 Å². The molecule has 0 spiro atoms. The van der Waals surface area contributed by atoms with E-state index in [1.807, 2.05) is 13.1 Å². The molecule has 0 aromatic carbocycles. The molecule has 0 amide bonds. The van der Waals surface area contributed by atoms with E-state index in [0.717, 1.165) is 6.42 Å². The number of likely N-dealkylation sites (tertiary alicyclic amines) is 1. The van der Waals surface area contributed by atoms with Gasteiger partial charge in [0.1, 0.15) is 0 Å². The van der Waals surface area contributed by atoms with Gasteiger partial charge in [-0.05, 0) is 39.9 Å². The average Bonchev–Trinajstić information content (AvgIpc) is 2.66. The van der Waals surface area contributed by atoms with Crippen LogP contribution >= 0.6 is 11.3 Å². The fraction of sp³-hybridized carbons (Fsp3) is 0.750. The molecule has 1 N–H and O–H groups in total. The van der Waals surface area contributed by atoms with Crippen LogP contribution in [0.2, 0.25) is 0 Å². The van der Waals surface area contributed by atoms with Crippen LogP contribution in [-0.2, 0) is 6.42 Å². The Balaban J connectivity index is 1.96. The van der Waals surface area contributed by atoms with E-state index in [-0.39, 0.29) is 6.10 Å². The fourth-order valence-corrected chi connectivity index (χ4v) is 3.36. The van der Waals surface area contributed by atoms with Gasteiger partial charge in [-0.3, -0.25) is 0 Å². The summed E-state index contributed by atoms with van der Waals surface area (Å²) in [7, 11) is 2.18. The normalized spacial score (nSPS) is 21.2. The lowest BCUT2D eigenvalue weighted by Crippen LogP contribution is -2.29. The van der Waals surface area contributed by atoms with Gasteiger partial charge in [-0.1, -0.05) is 0 Å². The lowest BCUT2D eigenvalue weighted by atomic mass is 9.98. The first kappa shape index (κ1) is 12.0. The minimum atomic E-state index is -0.259. The summed E-state index contributed by atoms with van der Waals surface area (Å²) in [6.07, 6.45) is 4.86. The number of nitrogens with zero attached hydrogens (tertiary/aromatic N) is 2. The number of hydrogen-bond acceptors (Lipinski definition) is 4. The largest absolute Gasteiger partial charge is 0.393 e. The van der Waals surface area contributed by atoms with Crippen LogP contribution in [0.15, 0.2) is 6.20 Å². The summed E-state index contributed by atoms with van der Waals surface area (Å²) < 4.78 is 0. The summed E-state index contributed by atoms with van der Waals surface area (Å²) in [5.74, 6) is 0.643. The van der Waals surface area contributed by atoms with E-state index in [2.05, 4.69) is 16.9 Å². The van der Waals surface area contributed by atoms with Crippen LogP contribution in [0.5, 0.6) is 0 Å². The number of aliphatic hydroxyl groups is 1. The van der Waals surface area contributed by atoms with Crippen LogP contribution in [0.25, 0.3) is 0 Å². The molecule has 1 aliphatic heterocycles. The molecule has 16 heavy (non-hydrogen) atoms. The highest BCUT2D eigenvalue weighted by atomic mass is 32.1. The van der Waals surface area contributed by atoms with E-state index in [1.165, 1.54) is 35.8 Å². The molecule has 3 nitrogen and oxygen atoms in total. The summed E-state index contributed by atoms with van der Waals surface area (Å²) >= 11 is 1.78. The summed E-state index contributed by atoms with van der Waals surface area (Å²) in [5, 5.41) is 10.6. The van der Waals surface area contributed by atoms with Gasteiger partial charge in [0.2, 0.25) is 0 Å². The SMILES string of the molecule is CC(O)Cc1cnc(C2CCN(C)CC2)s1. The van der Waals surface area contributed by atoms with Gasteiger partial charge in [-0.15, -0.1) is 11.3 Å². The van der Waals surface area contributed by atoms with Gasteiger partial charge in [0.25, 0.3) is 0 Å². The third-order valence-electron chi connectivity index (χ3n) is 3.14. The molecule has 1 unspecified atom stereocenters. The third kappa shape index (κ3) is 3.03. The van der Waals surface area contributed by atoms with Crippen molar-refractivity contribution in [1.29, 1.82) is 0 Å². The highest BCUT2D eigenvalue weighted by Crippen LogP contribution is 2.30. The molecule has 0 saturated carbocycles.